The van der Waals surface area contributed by atoms with Gasteiger partial charge in [-0.2, -0.15) is 0 Å². The van der Waals surface area contributed by atoms with Crippen molar-refractivity contribution in [2.45, 2.75) is 20.0 Å². The van der Waals surface area contributed by atoms with Crippen molar-refractivity contribution in [2.75, 3.05) is 0 Å². The van der Waals surface area contributed by atoms with Crippen LogP contribution in [-0.2, 0) is 13.1 Å². The predicted octanol–water partition coefficient (Wildman–Crippen LogP) is 1.37. The molecular formula is C12H13FN4O. The minimum atomic E-state index is -0.431. The van der Waals surface area contributed by atoms with E-state index < -0.39 is 5.82 Å². The van der Waals surface area contributed by atoms with E-state index in [2.05, 4.69) is 15.5 Å². The summed E-state index contributed by atoms with van der Waals surface area (Å²) in [6.45, 7) is 2.96. The number of amides is 1. The Morgan fingerprint density at radius 1 is 1.50 bits per heavy atom. The Balaban J connectivity index is 2.00. The van der Waals surface area contributed by atoms with Crippen LogP contribution in [0, 0.1) is 5.82 Å². The van der Waals surface area contributed by atoms with E-state index in [0.29, 0.717) is 5.82 Å². The molecule has 0 radical (unpaired) electrons. The maximum absolute atomic E-state index is 13.0. The molecule has 1 N–H and O–H groups in total. The van der Waals surface area contributed by atoms with Crippen LogP contribution < -0.4 is 5.32 Å². The molecule has 0 unspecified atom stereocenters. The third-order valence-corrected chi connectivity index (χ3v) is 2.53. The number of nitrogens with one attached hydrogen (secondary N) is 1. The number of aryl methyl sites for hydroxylation is 1. The highest BCUT2D eigenvalue weighted by Crippen LogP contribution is 2.03. The Morgan fingerprint density at radius 2 is 2.33 bits per heavy atom. The second-order valence-electron chi connectivity index (χ2n) is 3.73. The number of nitrogens with zero attached hydrogens (tertiary/aromatic N) is 3. The number of carbonyl (C=O) groups excluding carboxylic acids is 1. The van der Waals surface area contributed by atoms with E-state index >= 15 is 0 Å². The van der Waals surface area contributed by atoms with Crippen molar-refractivity contribution in [3.05, 3.63) is 47.8 Å². The molecule has 0 aliphatic rings. The van der Waals surface area contributed by atoms with Gasteiger partial charge < -0.3 is 9.88 Å². The van der Waals surface area contributed by atoms with Gasteiger partial charge in [0.2, 0.25) is 0 Å². The maximum atomic E-state index is 13.0. The predicted molar refractivity (Wildman–Crippen MR) is 63.3 cm³/mol. The van der Waals surface area contributed by atoms with Crippen molar-refractivity contribution in [1.29, 1.82) is 0 Å². The molecule has 18 heavy (non-hydrogen) atoms. The molecule has 0 saturated heterocycles. The monoisotopic (exact) mass is 248 g/mol. The first-order chi connectivity index (χ1) is 8.70. The van der Waals surface area contributed by atoms with Crippen molar-refractivity contribution in [3.63, 3.8) is 0 Å². The van der Waals surface area contributed by atoms with Crippen LogP contribution in [-0.4, -0.2) is 20.7 Å². The lowest BCUT2D eigenvalue weighted by Gasteiger charge is -2.06. The molecule has 1 heterocycles. The fraction of sp³-hybridized carbons (Fsp3) is 0.250. The molecule has 1 aromatic carbocycles. The van der Waals surface area contributed by atoms with Gasteiger partial charge >= 0.3 is 0 Å². The van der Waals surface area contributed by atoms with Gasteiger partial charge in [0.15, 0.2) is 5.82 Å². The summed E-state index contributed by atoms with van der Waals surface area (Å²) in [5.74, 6) is -0.0956. The third-order valence-electron chi connectivity index (χ3n) is 2.53. The number of aromatic nitrogens is 3. The Morgan fingerprint density at radius 3 is 3.06 bits per heavy atom. The summed E-state index contributed by atoms with van der Waals surface area (Å²) in [5.41, 5.74) is 0.289. The molecule has 6 heteroatoms. The Labute approximate surface area is 104 Å². The molecule has 5 nitrogen and oxygen atoms in total. The molecule has 0 atom stereocenters. The largest absolute Gasteiger partial charge is 0.345 e. The lowest BCUT2D eigenvalue weighted by Crippen LogP contribution is -2.24. The van der Waals surface area contributed by atoms with Crippen LogP contribution in [0.5, 0.6) is 0 Å². The van der Waals surface area contributed by atoms with Gasteiger partial charge in [0.25, 0.3) is 5.91 Å². The maximum Gasteiger partial charge on any atom is 0.251 e. The fourth-order valence-electron chi connectivity index (χ4n) is 1.57. The van der Waals surface area contributed by atoms with E-state index in [-0.39, 0.29) is 18.0 Å². The van der Waals surface area contributed by atoms with E-state index in [1.807, 2.05) is 11.5 Å². The summed E-state index contributed by atoms with van der Waals surface area (Å²) >= 11 is 0. The van der Waals surface area contributed by atoms with Crippen LogP contribution in [0.15, 0.2) is 30.6 Å². The highest BCUT2D eigenvalue weighted by Gasteiger charge is 2.08. The zero-order chi connectivity index (χ0) is 13.0. The molecule has 1 amide bonds. The zero-order valence-corrected chi connectivity index (χ0v) is 9.93. The van der Waals surface area contributed by atoms with Gasteiger partial charge in [-0.05, 0) is 25.1 Å². The van der Waals surface area contributed by atoms with Gasteiger partial charge in [-0.3, -0.25) is 4.79 Å². The second-order valence-corrected chi connectivity index (χ2v) is 3.73. The first kappa shape index (κ1) is 12.2. The summed E-state index contributed by atoms with van der Waals surface area (Å²) < 4.78 is 14.8. The molecule has 94 valence electrons. The van der Waals surface area contributed by atoms with Gasteiger partial charge in [0.05, 0.1) is 6.54 Å². The third kappa shape index (κ3) is 2.71. The first-order valence-electron chi connectivity index (χ1n) is 5.61. The first-order valence-corrected chi connectivity index (χ1v) is 5.61. The number of hydrogen-bond acceptors (Lipinski definition) is 3. The Hall–Kier alpha value is -2.24. The quantitative estimate of drug-likeness (QED) is 0.888. The second kappa shape index (κ2) is 5.39. The number of halogens is 1. The lowest BCUT2D eigenvalue weighted by atomic mass is 10.2. The van der Waals surface area contributed by atoms with E-state index in [9.17, 15) is 9.18 Å². The van der Waals surface area contributed by atoms with Crippen molar-refractivity contribution in [3.8, 4) is 0 Å². The van der Waals surface area contributed by atoms with E-state index in [0.717, 1.165) is 6.54 Å². The lowest BCUT2D eigenvalue weighted by molar-refractivity contribution is 0.0949. The number of hydrogen-bond donors (Lipinski definition) is 1. The van der Waals surface area contributed by atoms with Gasteiger partial charge in [-0.15, -0.1) is 10.2 Å². The average Bonchev–Trinajstić information content (AvgIpc) is 2.83. The van der Waals surface area contributed by atoms with E-state index in [4.69, 9.17) is 0 Å². The van der Waals surface area contributed by atoms with Gasteiger partial charge in [-0.25, -0.2) is 4.39 Å². The normalized spacial score (nSPS) is 10.3. The smallest absolute Gasteiger partial charge is 0.251 e. The molecule has 2 rings (SSSR count). The summed E-state index contributed by atoms with van der Waals surface area (Å²) in [6.07, 6.45) is 1.60. The Kier molecular flexibility index (Phi) is 3.66. The molecule has 0 bridgehead atoms. The van der Waals surface area contributed by atoms with Crippen LogP contribution in [0.25, 0.3) is 0 Å². The Bertz CT molecular complexity index is 553. The highest BCUT2D eigenvalue weighted by atomic mass is 19.1. The minimum absolute atomic E-state index is 0.267. The number of rotatable bonds is 4. The van der Waals surface area contributed by atoms with Gasteiger partial charge in [0.1, 0.15) is 12.1 Å². The van der Waals surface area contributed by atoms with Crippen LogP contribution in [0.2, 0.25) is 0 Å². The number of carbonyl (C=O) groups is 1. The molecule has 0 aliphatic carbocycles. The summed E-state index contributed by atoms with van der Waals surface area (Å²) in [4.78, 5) is 11.8. The van der Waals surface area contributed by atoms with Crippen molar-refractivity contribution < 1.29 is 9.18 Å². The fourth-order valence-corrected chi connectivity index (χ4v) is 1.57. The molecular weight excluding hydrogens is 235 g/mol. The minimum Gasteiger partial charge on any atom is -0.345 e. The van der Waals surface area contributed by atoms with Crippen molar-refractivity contribution in [1.82, 2.24) is 20.1 Å². The SMILES string of the molecule is CCn1cnnc1CNC(=O)c1cccc(F)c1. The van der Waals surface area contributed by atoms with E-state index in [1.54, 1.807) is 12.4 Å². The van der Waals surface area contributed by atoms with Crippen LogP contribution in [0.1, 0.15) is 23.1 Å². The molecule has 0 aliphatic heterocycles. The molecule has 0 fully saturated rings. The summed E-state index contributed by atoms with van der Waals surface area (Å²) in [6, 6.07) is 5.55. The van der Waals surface area contributed by atoms with Crippen LogP contribution in [0.4, 0.5) is 4.39 Å². The molecule has 0 saturated carbocycles. The topological polar surface area (TPSA) is 59.8 Å². The summed E-state index contributed by atoms with van der Waals surface area (Å²) in [7, 11) is 0. The van der Waals surface area contributed by atoms with Crippen LogP contribution >= 0.6 is 0 Å². The van der Waals surface area contributed by atoms with Crippen molar-refractivity contribution >= 4 is 5.91 Å². The van der Waals surface area contributed by atoms with Gasteiger partial charge in [-0.1, -0.05) is 6.07 Å². The zero-order valence-electron chi connectivity index (χ0n) is 9.93. The van der Waals surface area contributed by atoms with Crippen LogP contribution in [0.3, 0.4) is 0 Å². The standard InChI is InChI=1S/C12H13FN4O/c1-2-17-8-15-16-11(17)7-14-12(18)9-4-3-5-10(13)6-9/h3-6,8H,2,7H2,1H3,(H,14,18). The van der Waals surface area contributed by atoms with E-state index in [1.165, 1.54) is 18.2 Å². The molecule has 0 spiro atoms. The molecule has 2 aromatic rings. The summed E-state index contributed by atoms with van der Waals surface area (Å²) in [5, 5.41) is 10.3. The highest BCUT2D eigenvalue weighted by molar-refractivity contribution is 5.94. The van der Waals surface area contributed by atoms with Gasteiger partial charge in [0, 0.05) is 12.1 Å². The number of benzene rings is 1. The molecule has 1 aromatic heterocycles. The average molecular weight is 248 g/mol. The van der Waals surface area contributed by atoms with Crippen molar-refractivity contribution in [2.24, 2.45) is 0 Å².